The molecular weight excluding hydrogens is 178 g/mol. The van der Waals surface area contributed by atoms with Crippen LogP contribution in [0.4, 0.5) is 0 Å². The summed E-state index contributed by atoms with van der Waals surface area (Å²) in [5.74, 6) is -0.430. The van der Waals surface area contributed by atoms with Gasteiger partial charge in [0.15, 0.2) is 0 Å². The molecule has 1 aliphatic rings. The second-order valence-corrected chi connectivity index (χ2v) is 4.40. The van der Waals surface area contributed by atoms with E-state index in [2.05, 4.69) is 0 Å². The summed E-state index contributed by atoms with van der Waals surface area (Å²) in [6.07, 6.45) is 7.25. The van der Waals surface area contributed by atoms with Crippen LogP contribution in [0, 0.1) is 0 Å². The van der Waals surface area contributed by atoms with Crippen LogP contribution in [0.3, 0.4) is 0 Å². The average Bonchev–Trinajstić information content (AvgIpc) is 1.83. The predicted molar refractivity (Wildman–Crippen MR) is 46.2 cm³/mol. The van der Waals surface area contributed by atoms with Crippen molar-refractivity contribution in [2.24, 2.45) is 5.73 Å². The monoisotopic (exact) mass is 189 g/mol. The topological polar surface area (TPSA) is 80.4 Å². The Morgan fingerprint density at radius 3 is 2.58 bits per heavy atom. The van der Waals surface area contributed by atoms with Crippen LogP contribution in [0.15, 0.2) is 24.3 Å². The second-order valence-electron chi connectivity index (χ2n) is 2.95. The molecule has 4 nitrogen and oxygen atoms in total. The lowest BCUT2D eigenvalue weighted by atomic mass is 9.95. The molecule has 1 unspecified atom stereocenters. The molecule has 1 rings (SSSR count). The van der Waals surface area contributed by atoms with Gasteiger partial charge in [-0.2, -0.15) is 8.42 Å². The zero-order chi connectivity index (χ0) is 9.24. The Hall–Kier alpha value is -0.650. The van der Waals surface area contributed by atoms with Crippen molar-refractivity contribution in [2.75, 3.05) is 5.75 Å². The number of hydrogen-bond donors (Lipinski definition) is 2. The zero-order valence-electron chi connectivity index (χ0n) is 6.47. The summed E-state index contributed by atoms with van der Waals surface area (Å²) < 4.78 is 29.6. The summed E-state index contributed by atoms with van der Waals surface area (Å²) in [6.45, 7) is 0. The van der Waals surface area contributed by atoms with Crippen LogP contribution >= 0.6 is 0 Å². The van der Waals surface area contributed by atoms with Crippen LogP contribution in [0.2, 0.25) is 0 Å². The van der Waals surface area contributed by atoms with Crippen molar-refractivity contribution < 1.29 is 13.0 Å². The highest BCUT2D eigenvalue weighted by atomic mass is 32.2. The lowest BCUT2D eigenvalue weighted by Gasteiger charge is -2.24. The Balaban J connectivity index is 2.75. The van der Waals surface area contributed by atoms with Crippen molar-refractivity contribution in [3.05, 3.63) is 24.3 Å². The van der Waals surface area contributed by atoms with Gasteiger partial charge >= 0.3 is 0 Å². The van der Waals surface area contributed by atoms with E-state index in [0.717, 1.165) is 0 Å². The average molecular weight is 189 g/mol. The van der Waals surface area contributed by atoms with Gasteiger partial charge in [0, 0.05) is 0 Å². The summed E-state index contributed by atoms with van der Waals surface area (Å²) >= 11 is 0. The lowest BCUT2D eigenvalue weighted by molar-refractivity contribution is 0.462. The van der Waals surface area contributed by atoms with Gasteiger partial charge in [-0.3, -0.25) is 4.55 Å². The summed E-state index contributed by atoms with van der Waals surface area (Å²) in [5, 5.41) is 0. The first-order valence-electron chi connectivity index (χ1n) is 3.50. The molecule has 1 aliphatic carbocycles. The molecule has 0 bridgehead atoms. The SMILES string of the molecule is NC1(CS(=O)(=O)O)C=CC=CC1. The van der Waals surface area contributed by atoms with E-state index in [4.69, 9.17) is 10.3 Å². The highest BCUT2D eigenvalue weighted by molar-refractivity contribution is 7.85. The molecule has 0 aliphatic heterocycles. The van der Waals surface area contributed by atoms with Gasteiger partial charge in [0.25, 0.3) is 10.1 Å². The molecular formula is C7H11NO3S. The van der Waals surface area contributed by atoms with E-state index >= 15 is 0 Å². The fraction of sp³-hybridized carbons (Fsp3) is 0.429. The van der Waals surface area contributed by atoms with E-state index in [1.165, 1.54) is 0 Å². The highest BCUT2D eigenvalue weighted by Gasteiger charge is 2.27. The van der Waals surface area contributed by atoms with Gasteiger partial charge in [-0.05, 0) is 6.42 Å². The van der Waals surface area contributed by atoms with Crippen molar-refractivity contribution in [3.63, 3.8) is 0 Å². The second kappa shape index (κ2) is 3.01. The number of rotatable bonds is 2. The smallest absolute Gasteiger partial charge is 0.267 e. The quantitative estimate of drug-likeness (QED) is 0.603. The van der Waals surface area contributed by atoms with Gasteiger partial charge in [0.2, 0.25) is 0 Å². The predicted octanol–water partition coefficient (Wildman–Crippen LogP) is 0.0878. The third-order valence-corrected chi connectivity index (χ3v) is 2.53. The minimum atomic E-state index is -3.99. The van der Waals surface area contributed by atoms with Crippen molar-refractivity contribution in [1.82, 2.24) is 0 Å². The van der Waals surface area contributed by atoms with E-state index < -0.39 is 21.4 Å². The molecule has 0 heterocycles. The molecule has 0 aromatic carbocycles. The van der Waals surface area contributed by atoms with Crippen LogP contribution in [-0.2, 0) is 10.1 Å². The molecule has 5 heteroatoms. The maximum Gasteiger partial charge on any atom is 0.267 e. The Kier molecular flexibility index (Phi) is 2.36. The van der Waals surface area contributed by atoms with Gasteiger partial charge in [-0.25, -0.2) is 0 Å². The molecule has 0 aromatic heterocycles. The molecule has 0 fully saturated rings. The van der Waals surface area contributed by atoms with Gasteiger partial charge in [0.05, 0.1) is 11.3 Å². The molecule has 12 heavy (non-hydrogen) atoms. The minimum absolute atomic E-state index is 0.430. The number of nitrogens with two attached hydrogens (primary N) is 1. The van der Waals surface area contributed by atoms with E-state index in [0.29, 0.717) is 6.42 Å². The molecule has 0 amide bonds. The van der Waals surface area contributed by atoms with Crippen LogP contribution in [0.1, 0.15) is 6.42 Å². The third kappa shape index (κ3) is 2.77. The van der Waals surface area contributed by atoms with E-state index in [1.807, 2.05) is 0 Å². The van der Waals surface area contributed by atoms with Crippen LogP contribution < -0.4 is 5.73 Å². The third-order valence-electron chi connectivity index (χ3n) is 1.62. The van der Waals surface area contributed by atoms with Gasteiger partial charge in [-0.15, -0.1) is 0 Å². The molecule has 3 N–H and O–H groups in total. The molecule has 68 valence electrons. The van der Waals surface area contributed by atoms with Crippen LogP contribution in [0.25, 0.3) is 0 Å². The largest absolute Gasteiger partial charge is 0.321 e. The van der Waals surface area contributed by atoms with Crippen LogP contribution in [0.5, 0.6) is 0 Å². The maximum absolute atomic E-state index is 10.5. The molecule has 1 atom stereocenters. The molecule has 0 saturated carbocycles. The first-order valence-corrected chi connectivity index (χ1v) is 5.11. The molecule has 0 spiro atoms. The summed E-state index contributed by atoms with van der Waals surface area (Å²) in [4.78, 5) is 0. The first kappa shape index (κ1) is 9.44. The highest BCUT2D eigenvalue weighted by Crippen LogP contribution is 2.16. The van der Waals surface area contributed by atoms with Gasteiger partial charge < -0.3 is 5.73 Å². The fourth-order valence-electron chi connectivity index (χ4n) is 1.13. The Morgan fingerprint density at radius 2 is 2.17 bits per heavy atom. The Bertz CT molecular complexity index is 318. The fourth-order valence-corrected chi connectivity index (χ4v) is 2.02. The van der Waals surface area contributed by atoms with Crippen LogP contribution in [-0.4, -0.2) is 24.3 Å². The number of hydrogen-bond acceptors (Lipinski definition) is 3. The maximum atomic E-state index is 10.5. The van der Waals surface area contributed by atoms with Crippen molar-refractivity contribution in [3.8, 4) is 0 Å². The lowest BCUT2D eigenvalue weighted by Crippen LogP contribution is -2.44. The van der Waals surface area contributed by atoms with Gasteiger partial charge in [-0.1, -0.05) is 24.3 Å². The molecule has 0 aromatic rings. The van der Waals surface area contributed by atoms with E-state index in [-0.39, 0.29) is 0 Å². The number of allylic oxidation sites excluding steroid dienone is 2. The normalized spacial score (nSPS) is 29.2. The van der Waals surface area contributed by atoms with Crippen molar-refractivity contribution in [1.29, 1.82) is 0 Å². The summed E-state index contributed by atoms with van der Waals surface area (Å²) in [6, 6.07) is 0. The van der Waals surface area contributed by atoms with Crippen molar-refractivity contribution in [2.45, 2.75) is 12.0 Å². The first-order chi connectivity index (χ1) is 5.41. The Labute approximate surface area is 71.5 Å². The standard InChI is InChI=1S/C7H11NO3S/c8-7(6-12(9,10)11)4-2-1-3-5-7/h1-4H,5-6,8H2,(H,9,10,11). The summed E-state index contributed by atoms with van der Waals surface area (Å²) in [5.41, 5.74) is 4.73. The zero-order valence-corrected chi connectivity index (χ0v) is 7.29. The van der Waals surface area contributed by atoms with E-state index in [9.17, 15) is 8.42 Å². The Morgan fingerprint density at radius 1 is 1.50 bits per heavy atom. The summed E-state index contributed by atoms with van der Waals surface area (Å²) in [7, 11) is -3.99. The van der Waals surface area contributed by atoms with Crippen molar-refractivity contribution >= 4 is 10.1 Å². The molecule has 0 radical (unpaired) electrons. The molecule has 0 saturated heterocycles. The minimum Gasteiger partial charge on any atom is -0.321 e. The van der Waals surface area contributed by atoms with E-state index in [1.54, 1.807) is 24.3 Å². The van der Waals surface area contributed by atoms with Gasteiger partial charge in [0.1, 0.15) is 0 Å².